The molecular weight excluding hydrogens is 246 g/mol. The van der Waals surface area contributed by atoms with E-state index in [4.69, 9.17) is 14.2 Å². The lowest BCUT2D eigenvalue weighted by Gasteiger charge is -2.07. The van der Waals surface area contributed by atoms with Crippen molar-refractivity contribution in [1.82, 2.24) is 5.32 Å². The van der Waals surface area contributed by atoms with Crippen LogP contribution in [0.2, 0.25) is 0 Å². The lowest BCUT2D eigenvalue weighted by Crippen LogP contribution is -2.26. The smallest absolute Gasteiger partial charge is 0.332 e. The van der Waals surface area contributed by atoms with Gasteiger partial charge in [0, 0.05) is 13.1 Å². The molecule has 0 heterocycles. The largest absolute Gasteiger partial charge is 0.492 e. The molecule has 1 aromatic rings. The molecule has 5 heteroatoms. The van der Waals surface area contributed by atoms with Gasteiger partial charge in [-0.15, -0.1) is 0 Å². The number of carbonyl (C=O) groups excluding carboxylic acids is 1. The highest BCUT2D eigenvalue weighted by atomic mass is 16.6. The normalized spacial score (nSPS) is 10.2. The van der Waals surface area contributed by atoms with Crippen LogP contribution in [0.25, 0.3) is 0 Å². The van der Waals surface area contributed by atoms with Crippen molar-refractivity contribution in [1.29, 1.82) is 0 Å². The van der Waals surface area contributed by atoms with E-state index in [1.165, 1.54) is 0 Å². The van der Waals surface area contributed by atoms with Gasteiger partial charge in [0.15, 0.2) is 0 Å². The Labute approximate surface area is 113 Å². The summed E-state index contributed by atoms with van der Waals surface area (Å²) in [5.41, 5.74) is 0. The van der Waals surface area contributed by atoms with Crippen molar-refractivity contribution in [2.45, 2.75) is 6.92 Å². The summed E-state index contributed by atoms with van der Waals surface area (Å²) in [7, 11) is 0. The number of carbonyl (C=O) groups is 1. The fraction of sp³-hybridized carbons (Fsp3) is 0.500. The molecule has 1 rings (SSSR count). The lowest BCUT2D eigenvalue weighted by atomic mass is 10.3. The Morgan fingerprint density at radius 2 is 1.89 bits per heavy atom. The van der Waals surface area contributed by atoms with E-state index in [2.05, 4.69) is 5.32 Å². The van der Waals surface area contributed by atoms with Crippen molar-refractivity contribution >= 4 is 5.97 Å². The van der Waals surface area contributed by atoms with E-state index in [-0.39, 0.29) is 12.6 Å². The Kier molecular flexibility index (Phi) is 8.42. The van der Waals surface area contributed by atoms with Gasteiger partial charge in [-0.3, -0.25) is 0 Å². The molecule has 106 valence electrons. The Morgan fingerprint density at radius 1 is 1.16 bits per heavy atom. The lowest BCUT2D eigenvalue weighted by molar-refractivity contribution is -0.148. The minimum absolute atomic E-state index is 0.00996. The molecule has 5 nitrogen and oxygen atoms in total. The fourth-order valence-electron chi connectivity index (χ4n) is 1.39. The van der Waals surface area contributed by atoms with Crippen LogP contribution in [0, 0.1) is 0 Å². The van der Waals surface area contributed by atoms with Crippen LogP contribution in [0.15, 0.2) is 30.3 Å². The third-order valence-corrected chi connectivity index (χ3v) is 2.24. The number of rotatable bonds is 10. The summed E-state index contributed by atoms with van der Waals surface area (Å²) in [6, 6.07) is 9.66. The molecule has 0 bridgehead atoms. The van der Waals surface area contributed by atoms with Crippen LogP contribution in [0.5, 0.6) is 5.75 Å². The van der Waals surface area contributed by atoms with E-state index in [1.54, 1.807) is 6.92 Å². The molecule has 0 atom stereocenters. The standard InChI is InChI=1S/C14H21NO4/c1-2-18-14(16)12-17-10-8-15-9-11-19-13-6-4-3-5-7-13/h3-7,15H,2,8-12H2,1H3. The Bertz CT molecular complexity index is 343. The molecule has 0 saturated carbocycles. The van der Waals surface area contributed by atoms with Crippen molar-refractivity contribution in [2.75, 3.05) is 39.5 Å². The van der Waals surface area contributed by atoms with Crippen LogP contribution in [-0.4, -0.2) is 45.5 Å². The number of nitrogens with one attached hydrogen (secondary N) is 1. The van der Waals surface area contributed by atoms with Crippen LogP contribution in [0.4, 0.5) is 0 Å². The summed E-state index contributed by atoms with van der Waals surface area (Å²) >= 11 is 0. The summed E-state index contributed by atoms with van der Waals surface area (Å²) in [4.78, 5) is 10.9. The van der Waals surface area contributed by atoms with E-state index in [1.807, 2.05) is 30.3 Å². The molecule has 0 unspecified atom stereocenters. The molecule has 0 radical (unpaired) electrons. The van der Waals surface area contributed by atoms with Crippen LogP contribution in [-0.2, 0) is 14.3 Å². The number of hydrogen-bond donors (Lipinski definition) is 1. The summed E-state index contributed by atoms with van der Waals surface area (Å²) < 4.78 is 15.4. The molecule has 0 spiro atoms. The Balaban J connectivity index is 1.88. The first kappa shape index (κ1) is 15.5. The molecule has 0 aliphatic heterocycles. The molecule has 0 aliphatic rings. The highest BCUT2D eigenvalue weighted by Crippen LogP contribution is 2.07. The van der Waals surface area contributed by atoms with Gasteiger partial charge in [-0.05, 0) is 19.1 Å². The van der Waals surface area contributed by atoms with E-state index in [0.717, 1.165) is 12.3 Å². The number of para-hydroxylation sites is 1. The molecule has 0 amide bonds. The number of ether oxygens (including phenoxy) is 3. The average Bonchev–Trinajstić information content (AvgIpc) is 2.43. The maximum atomic E-state index is 10.9. The SMILES string of the molecule is CCOC(=O)COCCNCCOc1ccccc1. The molecule has 0 aliphatic carbocycles. The predicted molar refractivity (Wildman–Crippen MR) is 72.3 cm³/mol. The second-order valence-electron chi connectivity index (χ2n) is 3.77. The van der Waals surface area contributed by atoms with Gasteiger partial charge in [0.25, 0.3) is 0 Å². The third kappa shape index (κ3) is 8.18. The van der Waals surface area contributed by atoms with E-state index in [9.17, 15) is 4.79 Å². The second-order valence-corrected chi connectivity index (χ2v) is 3.77. The van der Waals surface area contributed by atoms with Crippen molar-refractivity contribution in [3.05, 3.63) is 30.3 Å². The Hall–Kier alpha value is -1.59. The maximum absolute atomic E-state index is 10.9. The zero-order chi connectivity index (χ0) is 13.8. The van der Waals surface area contributed by atoms with Crippen LogP contribution in [0.1, 0.15) is 6.92 Å². The molecule has 1 aromatic carbocycles. The first-order valence-corrected chi connectivity index (χ1v) is 6.45. The van der Waals surface area contributed by atoms with Gasteiger partial charge in [-0.25, -0.2) is 4.79 Å². The number of esters is 1. The first-order chi connectivity index (χ1) is 9.33. The van der Waals surface area contributed by atoms with E-state index < -0.39 is 0 Å². The summed E-state index contributed by atoms with van der Waals surface area (Å²) in [6.07, 6.45) is 0. The van der Waals surface area contributed by atoms with E-state index >= 15 is 0 Å². The minimum atomic E-state index is -0.324. The molecule has 0 aromatic heterocycles. The zero-order valence-electron chi connectivity index (χ0n) is 11.3. The van der Waals surface area contributed by atoms with Gasteiger partial charge in [0.05, 0.1) is 13.2 Å². The van der Waals surface area contributed by atoms with Gasteiger partial charge in [0.1, 0.15) is 19.0 Å². The van der Waals surface area contributed by atoms with Crippen molar-refractivity contribution in [3.63, 3.8) is 0 Å². The van der Waals surface area contributed by atoms with E-state index in [0.29, 0.717) is 26.4 Å². The minimum Gasteiger partial charge on any atom is -0.492 e. The Morgan fingerprint density at radius 3 is 2.63 bits per heavy atom. The topological polar surface area (TPSA) is 56.8 Å². The van der Waals surface area contributed by atoms with Crippen molar-refractivity contribution < 1.29 is 19.0 Å². The quantitative estimate of drug-likeness (QED) is 0.510. The third-order valence-electron chi connectivity index (χ3n) is 2.24. The first-order valence-electron chi connectivity index (χ1n) is 6.45. The van der Waals surface area contributed by atoms with Gasteiger partial charge >= 0.3 is 5.97 Å². The van der Waals surface area contributed by atoms with Gasteiger partial charge in [0.2, 0.25) is 0 Å². The van der Waals surface area contributed by atoms with Crippen LogP contribution < -0.4 is 10.1 Å². The average molecular weight is 267 g/mol. The highest BCUT2D eigenvalue weighted by molar-refractivity contribution is 5.70. The summed E-state index contributed by atoms with van der Waals surface area (Å²) in [5, 5.41) is 3.16. The summed E-state index contributed by atoms with van der Waals surface area (Å²) in [6.45, 7) is 4.65. The molecule has 0 fully saturated rings. The molecule has 19 heavy (non-hydrogen) atoms. The van der Waals surface area contributed by atoms with Gasteiger partial charge in [-0.1, -0.05) is 18.2 Å². The van der Waals surface area contributed by atoms with Crippen molar-refractivity contribution in [2.24, 2.45) is 0 Å². The van der Waals surface area contributed by atoms with Crippen LogP contribution in [0.3, 0.4) is 0 Å². The molecular formula is C14H21NO4. The van der Waals surface area contributed by atoms with Gasteiger partial charge in [-0.2, -0.15) is 0 Å². The highest BCUT2D eigenvalue weighted by Gasteiger charge is 2.00. The van der Waals surface area contributed by atoms with Crippen LogP contribution >= 0.6 is 0 Å². The summed E-state index contributed by atoms with van der Waals surface area (Å²) in [5.74, 6) is 0.540. The number of benzene rings is 1. The molecule has 1 N–H and O–H groups in total. The fourth-order valence-corrected chi connectivity index (χ4v) is 1.39. The van der Waals surface area contributed by atoms with Crippen molar-refractivity contribution in [3.8, 4) is 5.75 Å². The second kappa shape index (κ2) is 10.3. The van der Waals surface area contributed by atoms with Gasteiger partial charge < -0.3 is 19.5 Å². The number of hydrogen-bond acceptors (Lipinski definition) is 5. The monoisotopic (exact) mass is 267 g/mol. The zero-order valence-corrected chi connectivity index (χ0v) is 11.3. The molecule has 0 saturated heterocycles. The predicted octanol–water partition coefficient (Wildman–Crippen LogP) is 1.23. The maximum Gasteiger partial charge on any atom is 0.332 e.